The molecule has 3 N–H and O–H groups in total. The molecule has 1 amide bonds. The fourth-order valence-corrected chi connectivity index (χ4v) is 1.85. The van der Waals surface area contributed by atoms with Crippen LogP contribution in [0.2, 0.25) is 0 Å². The Balaban J connectivity index is 0.00000242. The van der Waals surface area contributed by atoms with Gasteiger partial charge in [-0.25, -0.2) is 4.98 Å². The number of nitrogens with one attached hydrogen (secondary N) is 1. The third kappa shape index (κ3) is 7.23. The highest BCUT2D eigenvalue weighted by atomic mass is 79.9. The molecule has 0 aliphatic carbocycles. The van der Waals surface area contributed by atoms with E-state index in [0.29, 0.717) is 24.1 Å². The van der Waals surface area contributed by atoms with Crippen LogP contribution in [0.25, 0.3) is 0 Å². The van der Waals surface area contributed by atoms with Crippen LogP contribution in [0.4, 0.5) is 5.82 Å². The molecule has 0 unspecified atom stereocenters. The van der Waals surface area contributed by atoms with Crippen LogP contribution in [-0.4, -0.2) is 39.5 Å². The number of hydrogen-bond donors (Lipinski definition) is 2. The van der Waals surface area contributed by atoms with Gasteiger partial charge in [-0.15, -0.1) is 24.8 Å². The van der Waals surface area contributed by atoms with Gasteiger partial charge in [-0.1, -0.05) is 5.16 Å². The Labute approximate surface area is 154 Å². The van der Waals surface area contributed by atoms with Crippen molar-refractivity contribution < 1.29 is 9.32 Å². The maximum atomic E-state index is 11.9. The summed E-state index contributed by atoms with van der Waals surface area (Å²) < 4.78 is 5.75. The molecule has 0 spiro atoms. The quantitative estimate of drug-likeness (QED) is 0.720. The Morgan fingerprint density at radius 3 is 2.74 bits per heavy atom. The first-order valence-electron chi connectivity index (χ1n) is 6.18. The summed E-state index contributed by atoms with van der Waals surface area (Å²) in [6, 6.07) is 3.52. The highest BCUT2D eigenvalue weighted by Gasteiger charge is 2.11. The summed E-state index contributed by atoms with van der Waals surface area (Å²) in [5, 5.41) is 6.48. The van der Waals surface area contributed by atoms with Crippen molar-refractivity contribution in [3.8, 4) is 0 Å². The minimum Gasteiger partial charge on any atom is -0.338 e. The Bertz CT molecular complexity index is 610. The third-order valence-corrected chi connectivity index (χ3v) is 2.97. The molecule has 0 radical (unpaired) electrons. The van der Waals surface area contributed by atoms with E-state index in [4.69, 9.17) is 10.3 Å². The minimum atomic E-state index is -0.171. The summed E-state index contributed by atoms with van der Waals surface area (Å²) in [4.78, 5) is 21.8. The number of likely N-dealkylation sites (N-methyl/N-ethyl adjacent to an activating group) is 1. The van der Waals surface area contributed by atoms with Gasteiger partial charge in [0.1, 0.15) is 5.82 Å². The monoisotopic (exact) mass is 426 g/mol. The van der Waals surface area contributed by atoms with Crippen molar-refractivity contribution >= 4 is 52.5 Å². The number of aromatic nitrogens is 3. The predicted molar refractivity (Wildman–Crippen MR) is 93.6 cm³/mol. The molecule has 0 aliphatic heterocycles. The maximum Gasteiger partial charge on any atom is 0.240 e. The molecule has 128 valence electrons. The van der Waals surface area contributed by atoms with Crippen LogP contribution in [0.1, 0.15) is 11.7 Å². The van der Waals surface area contributed by atoms with E-state index in [0.717, 1.165) is 4.47 Å². The van der Waals surface area contributed by atoms with Gasteiger partial charge in [-0.3, -0.25) is 9.69 Å². The second-order valence-corrected chi connectivity index (χ2v) is 5.31. The molecule has 0 saturated carbocycles. The number of halogens is 3. The Kier molecular flexibility index (Phi) is 9.93. The van der Waals surface area contributed by atoms with E-state index in [2.05, 4.69) is 36.4 Å². The highest BCUT2D eigenvalue weighted by Crippen LogP contribution is 2.10. The number of carbonyl (C=O) groups excluding carboxylic acids is 1. The Morgan fingerprint density at radius 2 is 2.17 bits per heavy atom. The van der Waals surface area contributed by atoms with E-state index >= 15 is 0 Å². The lowest BCUT2D eigenvalue weighted by Crippen LogP contribution is -2.30. The zero-order chi connectivity index (χ0) is 15.2. The molecule has 11 heteroatoms. The number of pyridine rings is 1. The number of nitrogens with zero attached hydrogens (tertiary/aromatic N) is 4. The molecule has 0 aromatic carbocycles. The van der Waals surface area contributed by atoms with Crippen LogP contribution in [-0.2, 0) is 17.9 Å². The molecule has 0 atom stereocenters. The van der Waals surface area contributed by atoms with Crippen LogP contribution in [0, 0.1) is 0 Å². The van der Waals surface area contributed by atoms with Crippen molar-refractivity contribution in [1.82, 2.24) is 20.0 Å². The number of carbonyl (C=O) groups is 1. The van der Waals surface area contributed by atoms with Gasteiger partial charge in [0.2, 0.25) is 11.8 Å². The van der Waals surface area contributed by atoms with Crippen LogP contribution in [0.5, 0.6) is 0 Å². The van der Waals surface area contributed by atoms with E-state index in [1.165, 1.54) is 0 Å². The Morgan fingerprint density at radius 1 is 1.43 bits per heavy atom. The topological polar surface area (TPSA) is 110 Å². The number of rotatable bonds is 6. The molecule has 8 nitrogen and oxygen atoms in total. The fourth-order valence-electron chi connectivity index (χ4n) is 1.61. The molecule has 2 heterocycles. The van der Waals surface area contributed by atoms with Gasteiger partial charge in [0, 0.05) is 10.7 Å². The molecule has 0 saturated heterocycles. The minimum absolute atomic E-state index is 0. The molecule has 0 bridgehead atoms. The fraction of sp³-hybridized carbons (Fsp3) is 0.333. The number of anilines is 1. The molecule has 0 fully saturated rings. The maximum absolute atomic E-state index is 11.9. The lowest BCUT2D eigenvalue weighted by atomic mass is 10.4. The molecule has 0 aliphatic rings. The summed E-state index contributed by atoms with van der Waals surface area (Å²) in [5.74, 6) is 1.20. The smallest absolute Gasteiger partial charge is 0.240 e. The summed E-state index contributed by atoms with van der Waals surface area (Å²) in [6.07, 6.45) is 1.62. The largest absolute Gasteiger partial charge is 0.338 e. The highest BCUT2D eigenvalue weighted by molar-refractivity contribution is 9.10. The second-order valence-electron chi connectivity index (χ2n) is 4.39. The summed E-state index contributed by atoms with van der Waals surface area (Å²) in [7, 11) is 1.78. The zero-order valence-corrected chi connectivity index (χ0v) is 15.4. The van der Waals surface area contributed by atoms with Gasteiger partial charge in [-0.05, 0) is 35.1 Å². The third-order valence-electron chi connectivity index (χ3n) is 2.50. The van der Waals surface area contributed by atoms with Crippen molar-refractivity contribution in [2.45, 2.75) is 13.1 Å². The van der Waals surface area contributed by atoms with Crippen molar-refractivity contribution in [3.05, 3.63) is 34.5 Å². The van der Waals surface area contributed by atoms with Crippen LogP contribution in [0.15, 0.2) is 27.3 Å². The van der Waals surface area contributed by atoms with Gasteiger partial charge in [0.15, 0.2) is 5.82 Å². The summed E-state index contributed by atoms with van der Waals surface area (Å²) in [6.45, 7) is 0.779. The van der Waals surface area contributed by atoms with E-state index in [1.54, 1.807) is 30.3 Å². The van der Waals surface area contributed by atoms with E-state index < -0.39 is 0 Å². The molecule has 2 aromatic heterocycles. The van der Waals surface area contributed by atoms with Gasteiger partial charge in [0.05, 0.1) is 19.6 Å². The van der Waals surface area contributed by atoms with Crippen molar-refractivity contribution in [1.29, 1.82) is 0 Å². The average molecular weight is 428 g/mol. The van der Waals surface area contributed by atoms with Crippen LogP contribution >= 0.6 is 40.7 Å². The Hall–Kier alpha value is -1.26. The molecule has 2 aromatic rings. The molecular formula is C12H17BrCl2N6O2. The van der Waals surface area contributed by atoms with E-state index in [9.17, 15) is 4.79 Å². The predicted octanol–water partition coefficient (Wildman–Crippen LogP) is 1.60. The normalized spacial score (nSPS) is 9.91. The van der Waals surface area contributed by atoms with Crippen molar-refractivity contribution in [2.24, 2.45) is 5.73 Å². The first kappa shape index (κ1) is 21.7. The lowest BCUT2D eigenvalue weighted by Gasteiger charge is -2.13. The first-order chi connectivity index (χ1) is 10.1. The van der Waals surface area contributed by atoms with Crippen LogP contribution < -0.4 is 11.1 Å². The van der Waals surface area contributed by atoms with E-state index in [1.807, 2.05) is 0 Å². The standard InChI is InChI=1S/C12H15BrN6O2.2ClH/c1-19(6-10-17-12(4-14)21-18-10)7-11(20)16-9-3-2-8(13)5-15-9;;/h2-3,5H,4,6-7,14H2,1H3,(H,15,16,20);2*1H. The van der Waals surface area contributed by atoms with Crippen molar-refractivity contribution in [2.75, 3.05) is 18.9 Å². The zero-order valence-electron chi connectivity index (χ0n) is 12.2. The lowest BCUT2D eigenvalue weighted by molar-refractivity contribution is -0.117. The molecule has 2 rings (SSSR count). The summed E-state index contributed by atoms with van der Waals surface area (Å²) in [5.41, 5.74) is 5.39. The number of nitrogens with two attached hydrogens (primary N) is 1. The van der Waals surface area contributed by atoms with Gasteiger partial charge in [-0.2, -0.15) is 4.98 Å². The van der Waals surface area contributed by atoms with Crippen LogP contribution in [0.3, 0.4) is 0 Å². The second kappa shape index (κ2) is 10.5. The SMILES string of the molecule is CN(CC(=O)Nc1ccc(Br)cn1)Cc1noc(CN)n1.Cl.Cl. The average Bonchev–Trinajstić information content (AvgIpc) is 2.88. The first-order valence-corrected chi connectivity index (χ1v) is 6.97. The molecule has 23 heavy (non-hydrogen) atoms. The number of amides is 1. The summed E-state index contributed by atoms with van der Waals surface area (Å²) >= 11 is 3.28. The van der Waals surface area contributed by atoms with Crippen molar-refractivity contribution in [3.63, 3.8) is 0 Å². The van der Waals surface area contributed by atoms with E-state index in [-0.39, 0.29) is 43.8 Å². The van der Waals surface area contributed by atoms with Gasteiger partial charge < -0.3 is 15.6 Å². The number of hydrogen-bond acceptors (Lipinski definition) is 7. The molecular weight excluding hydrogens is 411 g/mol. The van der Waals surface area contributed by atoms with Gasteiger partial charge in [0.25, 0.3) is 0 Å². The van der Waals surface area contributed by atoms with Gasteiger partial charge >= 0.3 is 0 Å².